The highest BCUT2D eigenvalue weighted by molar-refractivity contribution is 6.48. The molecule has 2 saturated carbocycles. The van der Waals surface area contributed by atoms with Crippen LogP contribution in [0.4, 0.5) is 0 Å². The molecule has 0 saturated heterocycles. The molecule has 0 aliphatic heterocycles. The van der Waals surface area contributed by atoms with E-state index in [1.54, 1.807) is 0 Å². The predicted molar refractivity (Wildman–Crippen MR) is 73.5 cm³/mol. The summed E-state index contributed by atoms with van der Waals surface area (Å²) in [5.41, 5.74) is 0.201. The van der Waals surface area contributed by atoms with Gasteiger partial charge in [-0.2, -0.15) is 0 Å². The van der Waals surface area contributed by atoms with E-state index < -0.39 is 9.04 Å². The standard InChI is InChI=1S/C14H28O2Si/c1-14(2,3)13(16-17(4)5)11-7-9-6-10(11)12(15)8-9/h9-13,15,17H,6-8H2,1-5H3. The lowest BCUT2D eigenvalue weighted by Gasteiger charge is -2.41. The fraction of sp³-hybridized carbons (Fsp3) is 1.00. The van der Waals surface area contributed by atoms with Crippen LogP contribution in [-0.2, 0) is 4.43 Å². The van der Waals surface area contributed by atoms with E-state index in [0.717, 1.165) is 12.3 Å². The van der Waals surface area contributed by atoms with Crippen LogP contribution in [0.15, 0.2) is 0 Å². The Kier molecular flexibility index (Phi) is 3.73. The Balaban J connectivity index is 2.11. The van der Waals surface area contributed by atoms with Gasteiger partial charge >= 0.3 is 0 Å². The van der Waals surface area contributed by atoms with Gasteiger partial charge < -0.3 is 9.53 Å². The Morgan fingerprint density at radius 1 is 1.18 bits per heavy atom. The Morgan fingerprint density at radius 3 is 2.24 bits per heavy atom. The zero-order valence-electron chi connectivity index (χ0n) is 11.9. The second-order valence-corrected chi connectivity index (χ2v) is 9.81. The van der Waals surface area contributed by atoms with Gasteiger partial charge in [0.25, 0.3) is 0 Å². The molecule has 0 aromatic carbocycles. The third-order valence-electron chi connectivity index (χ3n) is 4.49. The van der Waals surface area contributed by atoms with Gasteiger partial charge in [0.2, 0.25) is 0 Å². The molecule has 5 atom stereocenters. The smallest absolute Gasteiger partial charge is 0.171 e. The fourth-order valence-corrected chi connectivity index (χ4v) is 5.15. The van der Waals surface area contributed by atoms with E-state index in [2.05, 4.69) is 33.9 Å². The molecule has 2 aliphatic rings. The van der Waals surface area contributed by atoms with E-state index in [9.17, 15) is 5.11 Å². The first-order valence-corrected chi connectivity index (χ1v) is 9.90. The van der Waals surface area contributed by atoms with Gasteiger partial charge in [0.05, 0.1) is 12.2 Å². The number of aliphatic hydroxyl groups excluding tert-OH is 1. The van der Waals surface area contributed by atoms with Gasteiger partial charge in [-0.1, -0.05) is 20.8 Å². The van der Waals surface area contributed by atoms with Gasteiger partial charge in [-0.3, -0.25) is 0 Å². The second kappa shape index (κ2) is 4.67. The first kappa shape index (κ1) is 13.6. The maximum Gasteiger partial charge on any atom is 0.171 e. The van der Waals surface area contributed by atoms with E-state index in [4.69, 9.17) is 4.43 Å². The molecule has 100 valence electrons. The van der Waals surface area contributed by atoms with Crippen LogP contribution in [0.2, 0.25) is 13.1 Å². The number of rotatable bonds is 3. The molecule has 0 aromatic rings. The SMILES string of the molecule is C[SiH](C)OC(C1CC2CC(O)C1C2)C(C)(C)C. The molecule has 3 heteroatoms. The summed E-state index contributed by atoms with van der Waals surface area (Å²) in [6, 6.07) is 0. The van der Waals surface area contributed by atoms with Crippen molar-refractivity contribution in [3.63, 3.8) is 0 Å². The van der Waals surface area contributed by atoms with Crippen molar-refractivity contribution in [2.45, 2.75) is 65.3 Å². The van der Waals surface area contributed by atoms with E-state index in [1.165, 1.54) is 12.8 Å². The van der Waals surface area contributed by atoms with Gasteiger partial charge in [0.15, 0.2) is 9.04 Å². The number of aliphatic hydroxyl groups is 1. The van der Waals surface area contributed by atoms with Crippen molar-refractivity contribution in [1.82, 2.24) is 0 Å². The zero-order valence-corrected chi connectivity index (χ0v) is 13.1. The van der Waals surface area contributed by atoms with Crippen LogP contribution in [0.25, 0.3) is 0 Å². The fourth-order valence-electron chi connectivity index (χ4n) is 3.96. The molecule has 17 heavy (non-hydrogen) atoms. The first-order valence-electron chi connectivity index (χ1n) is 7.12. The molecule has 5 unspecified atom stereocenters. The van der Waals surface area contributed by atoms with Crippen LogP contribution in [0, 0.1) is 23.2 Å². The van der Waals surface area contributed by atoms with Crippen molar-refractivity contribution >= 4 is 9.04 Å². The molecule has 0 spiro atoms. The zero-order chi connectivity index (χ0) is 12.8. The Hall–Kier alpha value is 0.137. The Bertz CT molecular complexity index is 272. The van der Waals surface area contributed by atoms with Crippen molar-refractivity contribution in [1.29, 1.82) is 0 Å². The van der Waals surface area contributed by atoms with E-state index in [-0.39, 0.29) is 11.5 Å². The van der Waals surface area contributed by atoms with Crippen LogP contribution in [0.5, 0.6) is 0 Å². The minimum Gasteiger partial charge on any atom is -0.417 e. The van der Waals surface area contributed by atoms with Crippen LogP contribution >= 0.6 is 0 Å². The summed E-state index contributed by atoms with van der Waals surface area (Å²) < 4.78 is 6.33. The lowest BCUT2D eigenvalue weighted by molar-refractivity contribution is -0.0252. The summed E-state index contributed by atoms with van der Waals surface area (Å²) >= 11 is 0. The van der Waals surface area contributed by atoms with E-state index in [0.29, 0.717) is 17.9 Å². The molecule has 0 aromatic heterocycles. The van der Waals surface area contributed by atoms with Crippen LogP contribution in [0.3, 0.4) is 0 Å². The van der Waals surface area contributed by atoms with Gasteiger partial charge in [-0.25, -0.2) is 0 Å². The molecule has 2 bridgehead atoms. The molecule has 2 rings (SSSR count). The number of fused-ring (bicyclic) bond motifs is 2. The third kappa shape index (κ3) is 2.77. The monoisotopic (exact) mass is 256 g/mol. The van der Waals surface area contributed by atoms with Crippen molar-refractivity contribution in [3.8, 4) is 0 Å². The normalized spacial score (nSPS) is 39.0. The van der Waals surface area contributed by atoms with E-state index in [1.807, 2.05) is 0 Å². The van der Waals surface area contributed by atoms with E-state index >= 15 is 0 Å². The second-order valence-electron chi connectivity index (χ2n) is 7.44. The minimum absolute atomic E-state index is 0.0546. The molecular weight excluding hydrogens is 228 g/mol. The van der Waals surface area contributed by atoms with Crippen molar-refractivity contribution in [2.24, 2.45) is 23.2 Å². The number of hydrogen-bond donors (Lipinski definition) is 1. The summed E-state index contributed by atoms with van der Waals surface area (Å²) in [4.78, 5) is 0. The molecule has 0 heterocycles. The predicted octanol–water partition coefficient (Wildman–Crippen LogP) is 2.81. The molecule has 0 radical (unpaired) electrons. The molecule has 2 nitrogen and oxygen atoms in total. The highest BCUT2D eigenvalue weighted by Gasteiger charge is 2.50. The highest BCUT2D eigenvalue weighted by Crippen LogP contribution is 2.52. The van der Waals surface area contributed by atoms with Gasteiger partial charge in [-0.05, 0) is 55.5 Å². The molecule has 0 amide bonds. The Labute approximate surface area is 107 Å². The lowest BCUT2D eigenvalue weighted by atomic mass is 9.73. The summed E-state index contributed by atoms with van der Waals surface area (Å²) in [6.07, 6.45) is 3.85. The summed E-state index contributed by atoms with van der Waals surface area (Å²) in [6.45, 7) is 11.4. The minimum atomic E-state index is -1.01. The van der Waals surface area contributed by atoms with Crippen LogP contribution in [-0.4, -0.2) is 26.4 Å². The van der Waals surface area contributed by atoms with Gasteiger partial charge in [0.1, 0.15) is 0 Å². The molecule has 2 fully saturated rings. The molecular formula is C14H28O2Si. The lowest BCUT2D eigenvalue weighted by Crippen LogP contribution is -2.44. The van der Waals surface area contributed by atoms with Crippen molar-refractivity contribution < 1.29 is 9.53 Å². The van der Waals surface area contributed by atoms with Gasteiger partial charge in [0, 0.05) is 0 Å². The highest BCUT2D eigenvalue weighted by atomic mass is 28.3. The van der Waals surface area contributed by atoms with Gasteiger partial charge in [-0.15, -0.1) is 0 Å². The Morgan fingerprint density at radius 2 is 1.82 bits per heavy atom. The quantitative estimate of drug-likeness (QED) is 0.787. The average molecular weight is 256 g/mol. The largest absolute Gasteiger partial charge is 0.417 e. The third-order valence-corrected chi connectivity index (χ3v) is 5.33. The summed E-state index contributed by atoms with van der Waals surface area (Å²) in [7, 11) is -1.01. The maximum absolute atomic E-state index is 10.1. The van der Waals surface area contributed by atoms with Crippen LogP contribution in [0.1, 0.15) is 40.0 Å². The number of hydrogen-bond acceptors (Lipinski definition) is 2. The maximum atomic E-state index is 10.1. The van der Waals surface area contributed by atoms with Crippen molar-refractivity contribution in [3.05, 3.63) is 0 Å². The summed E-state index contributed by atoms with van der Waals surface area (Å²) in [5.74, 6) is 1.87. The van der Waals surface area contributed by atoms with Crippen molar-refractivity contribution in [2.75, 3.05) is 0 Å². The topological polar surface area (TPSA) is 29.5 Å². The summed E-state index contributed by atoms with van der Waals surface area (Å²) in [5, 5.41) is 10.1. The molecule has 2 aliphatic carbocycles. The molecule has 1 N–H and O–H groups in total. The first-order chi connectivity index (χ1) is 7.79. The van der Waals surface area contributed by atoms with Crippen LogP contribution < -0.4 is 0 Å². The average Bonchev–Trinajstić information content (AvgIpc) is 2.69.